The number of pyridine rings is 1. The molecule has 1 heterocycles. The van der Waals surface area contributed by atoms with Gasteiger partial charge in [-0.3, -0.25) is 4.79 Å². The van der Waals surface area contributed by atoms with Crippen LogP contribution in [0.2, 0.25) is 0 Å². The van der Waals surface area contributed by atoms with Gasteiger partial charge >= 0.3 is 0 Å². The lowest BCUT2D eigenvalue weighted by atomic mass is 10.0. The first-order valence-electron chi connectivity index (χ1n) is 5.49. The lowest BCUT2D eigenvalue weighted by Crippen LogP contribution is -2.10. The van der Waals surface area contributed by atoms with Crippen molar-refractivity contribution < 1.29 is 0 Å². The monoisotopic (exact) mass is 225 g/mol. The second kappa shape index (κ2) is 4.06. The highest BCUT2D eigenvalue weighted by molar-refractivity contribution is 5.85. The van der Waals surface area contributed by atoms with Crippen LogP contribution in [0.1, 0.15) is 23.7 Å². The molecular formula is C15H15NO. The molecule has 0 saturated heterocycles. The maximum absolute atomic E-state index is 12.3. The van der Waals surface area contributed by atoms with Crippen LogP contribution in [0.15, 0.2) is 36.2 Å². The number of aromatic amines is 1. The first-order valence-corrected chi connectivity index (χ1v) is 5.49. The van der Waals surface area contributed by atoms with Gasteiger partial charge in [0.1, 0.15) is 0 Å². The molecule has 0 amide bonds. The first-order chi connectivity index (χ1) is 8.04. The smallest absolute Gasteiger partial charge is 0.197 e. The van der Waals surface area contributed by atoms with Crippen LogP contribution in [0, 0.1) is 6.92 Å². The van der Waals surface area contributed by atoms with Crippen molar-refractivity contribution in [1.82, 2.24) is 4.98 Å². The lowest BCUT2D eigenvalue weighted by molar-refractivity contribution is 1.30. The first kappa shape index (κ1) is 11.4. The van der Waals surface area contributed by atoms with E-state index < -0.39 is 0 Å². The molecule has 0 aliphatic heterocycles. The molecule has 0 aliphatic carbocycles. The van der Waals surface area contributed by atoms with E-state index in [1.807, 2.05) is 32.0 Å². The predicted octanol–water partition coefficient (Wildman–Crippen LogP) is 3.51. The summed E-state index contributed by atoms with van der Waals surface area (Å²) in [5, 5.41) is 0.699. The minimum atomic E-state index is 0.00968. The van der Waals surface area contributed by atoms with E-state index in [1.165, 1.54) is 0 Å². The number of aromatic nitrogens is 1. The third-order valence-corrected chi connectivity index (χ3v) is 2.82. The highest BCUT2D eigenvalue weighted by atomic mass is 16.1. The number of benzene rings is 1. The number of rotatable bonds is 2. The van der Waals surface area contributed by atoms with E-state index >= 15 is 0 Å². The second-order valence-corrected chi connectivity index (χ2v) is 4.28. The minimum Gasteiger partial charge on any atom is -0.354 e. The molecule has 0 fully saturated rings. The molecule has 0 atom stereocenters. The molecule has 1 N–H and O–H groups in total. The highest BCUT2D eigenvalue weighted by Crippen LogP contribution is 2.18. The largest absolute Gasteiger partial charge is 0.354 e. The number of aryl methyl sites for hydroxylation is 1. The summed E-state index contributed by atoms with van der Waals surface area (Å²) in [7, 11) is 0. The third-order valence-electron chi connectivity index (χ3n) is 2.82. The fourth-order valence-electron chi connectivity index (χ4n) is 1.95. The summed E-state index contributed by atoms with van der Waals surface area (Å²) in [6.45, 7) is 11.4. The summed E-state index contributed by atoms with van der Waals surface area (Å²) in [5.74, 6) is 0. The Bertz CT molecular complexity index is 677. The van der Waals surface area contributed by atoms with Crippen molar-refractivity contribution in [2.75, 3.05) is 0 Å². The molecule has 1 aromatic carbocycles. The molecular weight excluding hydrogens is 210 g/mol. The summed E-state index contributed by atoms with van der Waals surface area (Å²) < 4.78 is 0. The molecule has 2 heteroatoms. The number of allylic oxidation sites excluding steroid dienone is 1. The molecule has 2 aromatic rings. The molecule has 0 radical (unpaired) electrons. The van der Waals surface area contributed by atoms with Crippen LogP contribution in [-0.2, 0) is 0 Å². The Hall–Kier alpha value is -2.09. The van der Waals surface area contributed by atoms with Crippen molar-refractivity contribution in [1.29, 1.82) is 0 Å². The molecule has 0 bridgehead atoms. The van der Waals surface area contributed by atoms with Gasteiger partial charge in [-0.05, 0) is 31.6 Å². The Kier molecular flexibility index (Phi) is 2.72. The normalized spacial score (nSPS) is 10.5. The third kappa shape index (κ3) is 1.82. The molecule has 86 valence electrons. The summed E-state index contributed by atoms with van der Waals surface area (Å²) in [6.07, 6.45) is 1.59. The Balaban J connectivity index is 2.98. The van der Waals surface area contributed by atoms with E-state index in [9.17, 15) is 4.79 Å². The van der Waals surface area contributed by atoms with Crippen molar-refractivity contribution in [2.45, 2.75) is 13.8 Å². The average Bonchev–Trinajstić information content (AvgIpc) is 2.29. The van der Waals surface area contributed by atoms with Crippen LogP contribution in [0.4, 0.5) is 0 Å². The molecule has 0 spiro atoms. The fourth-order valence-corrected chi connectivity index (χ4v) is 1.95. The van der Waals surface area contributed by atoms with E-state index in [0.717, 1.165) is 22.3 Å². The van der Waals surface area contributed by atoms with Crippen molar-refractivity contribution >= 4 is 22.6 Å². The van der Waals surface area contributed by atoms with E-state index in [-0.39, 0.29) is 5.43 Å². The van der Waals surface area contributed by atoms with Gasteiger partial charge in [-0.2, -0.15) is 0 Å². The van der Waals surface area contributed by atoms with Crippen molar-refractivity contribution in [2.24, 2.45) is 0 Å². The fraction of sp³-hybridized carbons (Fsp3) is 0.133. The Morgan fingerprint density at radius 2 is 2.12 bits per heavy atom. The SMILES string of the molecule is C=Cc1c(C(=C)C)[nH]c2ccc(C)cc2c1=O. The molecule has 1 aromatic heterocycles. The van der Waals surface area contributed by atoms with Crippen LogP contribution in [-0.4, -0.2) is 4.98 Å². The topological polar surface area (TPSA) is 32.9 Å². The van der Waals surface area contributed by atoms with E-state index in [1.54, 1.807) is 6.08 Å². The highest BCUT2D eigenvalue weighted by Gasteiger charge is 2.09. The maximum atomic E-state index is 12.3. The standard InChI is InChI=1S/C15H15NO/c1-5-11-14(9(2)3)16-13-7-6-10(4)8-12(13)15(11)17/h5-8H,1-2H2,3-4H3,(H,16,17). The Morgan fingerprint density at radius 3 is 2.71 bits per heavy atom. The van der Waals surface area contributed by atoms with Gasteiger partial charge in [-0.15, -0.1) is 0 Å². The van der Waals surface area contributed by atoms with Gasteiger partial charge in [0.15, 0.2) is 5.43 Å². The number of nitrogens with one attached hydrogen (secondary N) is 1. The van der Waals surface area contributed by atoms with Crippen molar-refractivity contribution in [3.8, 4) is 0 Å². The van der Waals surface area contributed by atoms with Gasteiger partial charge in [0.25, 0.3) is 0 Å². The summed E-state index contributed by atoms with van der Waals surface area (Å²) in [5.41, 5.74) is 4.11. The molecule has 2 rings (SSSR count). The molecule has 17 heavy (non-hydrogen) atoms. The summed E-state index contributed by atoms with van der Waals surface area (Å²) >= 11 is 0. The molecule has 0 unspecified atom stereocenters. The van der Waals surface area contributed by atoms with Gasteiger partial charge in [0, 0.05) is 16.5 Å². The van der Waals surface area contributed by atoms with E-state index in [0.29, 0.717) is 10.9 Å². The zero-order valence-electron chi connectivity index (χ0n) is 10.1. The second-order valence-electron chi connectivity index (χ2n) is 4.28. The van der Waals surface area contributed by atoms with Crippen LogP contribution in [0.3, 0.4) is 0 Å². The van der Waals surface area contributed by atoms with Gasteiger partial charge in [-0.1, -0.05) is 30.9 Å². The van der Waals surface area contributed by atoms with Crippen LogP contribution >= 0.6 is 0 Å². The number of hydrogen-bond acceptors (Lipinski definition) is 1. The average molecular weight is 225 g/mol. The summed E-state index contributed by atoms with van der Waals surface area (Å²) in [4.78, 5) is 15.5. The van der Waals surface area contributed by atoms with Gasteiger partial charge in [-0.25, -0.2) is 0 Å². The van der Waals surface area contributed by atoms with Gasteiger partial charge in [0.05, 0.1) is 5.69 Å². The lowest BCUT2D eigenvalue weighted by Gasteiger charge is -2.08. The van der Waals surface area contributed by atoms with Crippen LogP contribution in [0.5, 0.6) is 0 Å². The molecule has 0 aliphatic rings. The predicted molar refractivity (Wildman–Crippen MR) is 74.1 cm³/mol. The van der Waals surface area contributed by atoms with Crippen LogP contribution in [0.25, 0.3) is 22.6 Å². The summed E-state index contributed by atoms with van der Waals surface area (Å²) in [6, 6.07) is 5.79. The number of fused-ring (bicyclic) bond motifs is 1. The molecule has 0 saturated carbocycles. The van der Waals surface area contributed by atoms with Crippen LogP contribution < -0.4 is 5.43 Å². The van der Waals surface area contributed by atoms with Gasteiger partial charge in [0.2, 0.25) is 0 Å². The van der Waals surface area contributed by atoms with E-state index in [2.05, 4.69) is 18.1 Å². The van der Waals surface area contributed by atoms with Crippen molar-refractivity contribution in [3.63, 3.8) is 0 Å². The number of H-pyrrole nitrogens is 1. The zero-order valence-corrected chi connectivity index (χ0v) is 10.1. The molecule has 2 nitrogen and oxygen atoms in total. The Morgan fingerprint density at radius 1 is 1.41 bits per heavy atom. The zero-order chi connectivity index (χ0) is 12.6. The minimum absolute atomic E-state index is 0.00968. The number of hydrogen-bond donors (Lipinski definition) is 1. The maximum Gasteiger partial charge on any atom is 0.197 e. The van der Waals surface area contributed by atoms with Crippen molar-refractivity contribution in [3.05, 3.63) is 58.4 Å². The van der Waals surface area contributed by atoms with Gasteiger partial charge < -0.3 is 4.98 Å². The van der Waals surface area contributed by atoms with E-state index in [4.69, 9.17) is 0 Å². The Labute approximate surface area is 100 Å². The quantitative estimate of drug-likeness (QED) is 0.833.